The predicted octanol–water partition coefficient (Wildman–Crippen LogP) is 4.00. The number of fused-ring (bicyclic) bond motifs is 1. The van der Waals surface area contributed by atoms with Crippen LogP contribution in [0.5, 0.6) is 0 Å². The van der Waals surface area contributed by atoms with Crippen molar-refractivity contribution in [1.29, 1.82) is 0 Å². The minimum Gasteiger partial charge on any atom is -0.375 e. The van der Waals surface area contributed by atoms with E-state index in [1.165, 1.54) is 49.1 Å². The summed E-state index contributed by atoms with van der Waals surface area (Å²) in [6.45, 7) is 1.80. The van der Waals surface area contributed by atoms with Gasteiger partial charge in [-0.25, -0.2) is 10.1 Å². The number of H-pyrrole nitrogens is 1. The highest BCUT2D eigenvalue weighted by Crippen LogP contribution is 2.44. The summed E-state index contributed by atoms with van der Waals surface area (Å²) in [4.78, 5) is 22.0. The standard InChI is InChI=1S/C23H24ClF3N10O2/c1-11(39-3)17-16(10-28-22-30-21(24)33-37(17)22)29-15-6-4-12(5-7-15)18(23(25,26)27)36(2)20(38)14-8-13(9-14)19-31-34-35-32-19/h4-7,10-11,13-14,18,29H,8-9H2,1-3H3,(H,31,32,34,35)/t11-,13?,14?,18+/m0/s1. The summed E-state index contributed by atoms with van der Waals surface area (Å²) in [6, 6.07) is 3.58. The summed E-state index contributed by atoms with van der Waals surface area (Å²) < 4.78 is 49.5. The summed E-state index contributed by atoms with van der Waals surface area (Å²) in [6.07, 6.45) is -2.84. The van der Waals surface area contributed by atoms with Crippen LogP contribution < -0.4 is 5.32 Å². The van der Waals surface area contributed by atoms with Crippen LogP contribution >= 0.6 is 11.6 Å². The van der Waals surface area contributed by atoms with Crippen molar-refractivity contribution in [3.63, 3.8) is 0 Å². The van der Waals surface area contributed by atoms with Crippen molar-refractivity contribution < 1.29 is 22.7 Å². The number of amides is 1. The van der Waals surface area contributed by atoms with Gasteiger partial charge in [0, 0.05) is 31.7 Å². The number of carbonyl (C=O) groups is 1. The Bertz CT molecular complexity index is 1460. The number of halogens is 4. The van der Waals surface area contributed by atoms with E-state index < -0.39 is 30.1 Å². The number of aromatic amines is 1. The first-order valence-corrected chi connectivity index (χ1v) is 12.3. The van der Waals surface area contributed by atoms with Crippen molar-refractivity contribution in [2.75, 3.05) is 19.5 Å². The molecular weight excluding hydrogens is 541 g/mol. The number of benzene rings is 1. The fourth-order valence-corrected chi connectivity index (χ4v) is 4.91. The molecule has 0 unspecified atom stereocenters. The second-order valence-electron chi connectivity index (χ2n) is 9.32. The number of aromatic nitrogens is 8. The van der Waals surface area contributed by atoms with Crippen molar-refractivity contribution in [2.45, 2.75) is 44.0 Å². The summed E-state index contributed by atoms with van der Waals surface area (Å²) in [7, 11) is 2.71. The number of nitrogens with one attached hydrogen (secondary N) is 2. The Kier molecular flexibility index (Phi) is 7.11. The molecular formula is C23H24ClF3N10O2. The summed E-state index contributed by atoms with van der Waals surface area (Å²) in [5.74, 6) is -0.389. The van der Waals surface area contributed by atoms with E-state index in [9.17, 15) is 18.0 Å². The van der Waals surface area contributed by atoms with Gasteiger partial charge in [0.15, 0.2) is 11.9 Å². The van der Waals surface area contributed by atoms with Crippen molar-refractivity contribution in [1.82, 2.24) is 45.1 Å². The summed E-state index contributed by atoms with van der Waals surface area (Å²) in [5, 5.41) is 20.8. The highest BCUT2D eigenvalue weighted by Gasteiger charge is 2.48. The molecule has 1 aromatic carbocycles. The van der Waals surface area contributed by atoms with Gasteiger partial charge < -0.3 is 15.0 Å². The zero-order chi connectivity index (χ0) is 27.9. The maximum Gasteiger partial charge on any atom is 0.413 e. The van der Waals surface area contributed by atoms with E-state index in [4.69, 9.17) is 16.3 Å². The molecule has 1 amide bonds. The Labute approximate surface area is 224 Å². The lowest BCUT2D eigenvalue weighted by Crippen LogP contribution is -2.45. The molecule has 206 valence electrons. The van der Waals surface area contributed by atoms with Crippen LogP contribution in [0.3, 0.4) is 0 Å². The van der Waals surface area contributed by atoms with Crippen molar-refractivity contribution in [3.05, 3.63) is 52.8 Å². The topological polar surface area (TPSA) is 139 Å². The Balaban J connectivity index is 1.35. The Morgan fingerprint density at radius 2 is 2.00 bits per heavy atom. The molecule has 5 rings (SSSR count). The van der Waals surface area contributed by atoms with Gasteiger partial charge in [-0.15, -0.1) is 10.2 Å². The molecule has 4 aromatic rings. The van der Waals surface area contributed by atoms with E-state index in [1.54, 1.807) is 6.92 Å². The molecule has 3 aromatic heterocycles. The first-order valence-electron chi connectivity index (χ1n) is 11.9. The smallest absolute Gasteiger partial charge is 0.375 e. The van der Waals surface area contributed by atoms with E-state index in [0.29, 0.717) is 35.7 Å². The maximum absolute atomic E-state index is 14.2. The van der Waals surface area contributed by atoms with Crippen LogP contribution in [-0.2, 0) is 9.53 Å². The zero-order valence-electron chi connectivity index (χ0n) is 21.0. The molecule has 1 aliphatic carbocycles. The van der Waals surface area contributed by atoms with Gasteiger partial charge in [0.25, 0.3) is 5.78 Å². The highest BCUT2D eigenvalue weighted by molar-refractivity contribution is 6.28. The van der Waals surface area contributed by atoms with Gasteiger partial charge in [0.05, 0.1) is 23.7 Å². The molecule has 0 radical (unpaired) electrons. The third-order valence-electron chi connectivity index (χ3n) is 6.90. The number of hydrogen-bond donors (Lipinski definition) is 2. The SMILES string of the molecule is CO[C@@H](C)c1c(Nc2ccc([C@@H](N(C)C(=O)C3CC(c4nnn[nH]4)C3)C(F)(F)F)cc2)cnc2nc(Cl)nn12. The van der Waals surface area contributed by atoms with E-state index in [-0.39, 0.29) is 22.5 Å². The molecule has 2 atom stereocenters. The normalized spacial score (nSPS) is 18.9. The average Bonchev–Trinajstić information content (AvgIpc) is 3.52. The molecule has 1 saturated carbocycles. The lowest BCUT2D eigenvalue weighted by atomic mass is 9.73. The molecule has 12 nitrogen and oxygen atoms in total. The van der Waals surface area contributed by atoms with Crippen LogP contribution in [0.25, 0.3) is 5.78 Å². The van der Waals surface area contributed by atoms with Gasteiger partial charge in [-0.2, -0.15) is 22.7 Å². The van der Waals surface area contributed by atoms with Crippen molar-refractivity contribution in [2.24, 2.45) is 5.92 Å². The lowest BCUT2D eigenvalue weighted by molar-refractivity contribution is -0.191. The number of methoxy groups -OCH3 is 1. The van der Waals surface area contributed by atoms with E-state index >= 15 is 0 Å². The number of rotatable bonds is 8. The number of tetrazole rings is 1. The fraction of sp³-hybridized carbons (Fsp3) is 0.435. The van der Waals surface area contributed by atoms with Crippen LogP contribution in [0.1, 0.15) is 54.9 Å². The number of ether oxygens (including phenoxy) is 1. The number of nitrogens with zero attached hydrogens (tertiary/aromatic N) is 8. The molecule has 39 heavy (non-hydrogen) atoms. The van der Waals surface area contributed by atoms with Gasteiger partial charge in [-0.05, 0) is 59.5 Å². The number of carbonyl (C=O) groups excluding carboxylic acids is 1. The molecule has 0 saturated heterocycles. The van der Waals surface area contributed by atoms with Crippen LogP contribution in [0, 0.1) is 5.92 Å². The van der Waals surface area contributed by atoms with Crippen LogP contribution in [-0.4, -0.2) is 71.3 Å². The van der Waals surface area contributed by atoms with Gasteiger partial charge in [0.1, 0.15) is 0 Å². The second kappa shape index (κ2) is 10.4. The minimum atomic E-state index is -4.68. The monoisotopic (exact) mass is 564 g/mol. The van der Waals surface area contributed by atoms with E-state index in [0.717, 1.165) is 4.90 Å². The third-order valence-corrected chi connectivity index (χ3v) is 7.06. The van der Waals surface area contributed by atoms with Crippen LogP contribution in [0.2, 0.25) is 5.28 Å². The minimum absolute atomic E-state index is 0.0119. The van der Waals surface area contributed by atoms with Gasteiger partial charge >= 0.3 is 6.18 Å². The second-order valence-corrected chi connectivity index (χ2v) is 9.66. The third kappa shape index (κ3) is 5.23. The van der Waals surface area contributed by atoms with Crippen molar-refractivity contribution >= 4 is 34.7 Å². The van der Waals surface area contributed by atoms with Crippen LogP contribution in [0.15, 0.2) is 30.5 Å². The number of anilines is 2. The number of alkyl halides is 3. The molecule has 0 spiro atoms. The van der Waals surface area contributed by atoms with Gasteiger partial charge in [0.2, 0.25) is 11.2 Å². The quantitative estimate of drug-likeness (QED) is 0.325. The van der Waals surface area contributed by atoms with Gasteiger partial charge in [-0.3, -0.25) is 4.79 Å². The number of hydrogen-bond acceptors (Lipinski definition) is 9. The summed E-state index contributed by atoms with van der Waals surface area (Å²) in [5.41, 5.74) is 1.51. The molecule has 16 heteroatoms. The van der Waals surface area contributed by atoms with E-state index in [1.807, 2.05) is 0 Å². The fourth-order valence-electron chi connectivity index (χ4n) is 4.76. The predicted molar refractivity (Wildman–Crippen MR) is 132 cm³/mol. The first kappa shape index (κ1) is 26.7. The molecule has 1 fully saturated rings. The average molecular weight is 565 g/mol. The zero-order valence-corrected chi connectivity index (χ0v) is 21.8. The highest BCUT2D eigenvalue weighted by atomic mass is 35.5. The van der Waals surface area contributed by atoms with Gasteiger partial charge in [-0.1, -0.05) is 12.1 Å². The lowest BCUT2D eigenvalue weighted by Gasteiger charge is -2.38. The Morgan fingerprint density at radius 1 is 1.28 bits per heavy atom. The van der Waals surface area contributed by atoms with E-state index in [2.05, 4.69) is 41.0 Å². The first-order chi connectivity index (χ1) is 18.6. The van der Waals surface area contributed by atoms with Crippen LogP contribution in [0.4, 0.5) is 24.5 Å². The summed E-state index contributed by atoms with van der Waals surface area (Å²) >= 11 is 5.94. The molecule has 1 aliphatic rings. The molecule has 0 aliphatic heterocycles. The molecule has 2 N–H and O–H groups in total. The van der Waals surface area contributed by atoms with Crippen molar-refractivity contribution in [3.8, 4) is 0 Å². The molecule has 0 bridgehead atoms. The Morgan fingerprint density at radius 3 is 2.62 bits per heavy atom. The largest absolute Gasteiger partial charge is 0.413 e. The molecule has 3 heterocycles. The Hall–Kier alpha value is -3.85. The maximum atomic E-state index is 14.2.